The first-order valence-electron chi connectivity index (χ1n) is 13.4. The summed E-state index contributed by atoms with van der Waals surface area (Å²) in [6.45, 7) is 7.67. The number of aromatic nitrogens is 2. The van der Waals surface area contributed by atoms with Crippen LogP contribution >= 0.6 is 11.8 Å². The molecular formula is C26H34N2O14S. The number of carbonyl (C=O) groups is 4. The summed E-state index contributed by atoms with van der Waals surface area (Å²) in [5.74, 6) is -3.72. The van der Waals surface area contributed by atoms with Gasteiger partial charge in [0.05, 0.1) is 6.10 Å². The number of rotatable bonds is 9. The summed E-state index contributed by atoms with van der Waals surface area (Å²) < 4.78 is 47.2. The van der Waals surface area contributed by atoms with Crippen LogP contribution in [0, 0.1) is 0 Å². The van der Waals surface area contributed by atoms with Crippen LogP contribution in [0.15, 0.2) is 21.9 Å². The Labute approximate surface area is 249 Å². The number of fused-ring (bicyclic) bond motifs is 1. The minimum absolute atomic E-state index is 0.128. The molecule has 3 fully saturated rings. The fourth-order valence-electron chi connectivity index (χ4n) is 5.16. The fourth-order valence-corrected chi connectivity index (χ4v) is 6.43. The molecular weight excluding hydrogens is 596 g/mol. The van der Waals surface area contributed by atoms with Crippen molar-refractivity contribution in [1.82, 2.24) is 9.55 Å². The number of nitrogens with zero attached hydrogens (tertiary/aromatic N) is 1. The smallest absolute Gasteiger partial charge is 0.330 e. The molecule has 0 radical (unpaired) electrons. The third-order valence-corrected chi connectivity index (χ3v) is 7.85. The Morgan fingerprint density at radius 3 is 2.07 bits per heavy atom. The van der Waals surface area contributed by atoms with E-state index < -0.39 is 95.3 Å². The molecule has 0 saturated carbocycles. The molecule has 0 aliphatic carbocycles. The monoisotopic (exact) mass is 630 g/mol. The second-order valence-electron chi connectivity index (χ2n) is 10.5. The molecule has 3 saturated heterocycles. The van der Waals surface area contributed by atoms with E-state index in [2.05, 4.69) is 4.98 Å². The Morgan fingerprint density at radius 1 is 0.860 bits per heavy atom. The van der Waals surface area contributed by atoms with E-state index in [1.165, 1.54) is 23.8 Å². The number of hydrogen-bond acceptors (Lipinski definition) is 15. The quantitative estimate of drug-likeness (QED) is 0.277. The van der Waals surface area contributed by atoms with E-state index in [4.69, 9.17) is 37.9 Å². The van der Waals surface area contributed by atoms with Gasteiger partial charge in [0.25, 0.3) is 5.56 Å². The number of carbonyl (C=O) groups excluding carboxylic acids is 4. The molecule has 3 aliphatic rings. The van der Waals surface area contributed by atoms with Crippen LogP contribution in [-0.2, 0) is 57.1 Å². The van der Waals surface area contributed by atoms with Crippen LogP contribution in [0.25, 0.3) is 0 Å². The molecule has 1 aromatic heterocycles. The number of nitrogens with one attached hydrogen (secondary N) is 1. The lowest BCUT2D eigenvalue weighted by atomic mass is 9.99. The molecule has 17 heteroatoms. The number of H-pyrrole nitrogens is 1. The Hall–Kier alpha value is -3.25. The highest BCUT2D eigenvalue weighted by atomic mass is 32.2. The number of thioether (sulfide) groups is 1. The largest absolute Gasteiger partial charge is 0.463 e. The normalized spacial score (nSPS) is 32.8. The van der Waals surface area contributed by atoms with E-state index in [9.17, 15) is 28.8 Å². The van der Waals surface area contributed by atoms with Gasteiger partial charge in [-0.2, -0.15) is 0 Å². The van der Waals surface area contributed by atoms with E-state index in [0.717, 1.165) is 32.5 Å². The summed E-state index contributed by atoms with van der Waals surface area (Å²) in [5.41, 5.74) is -2.30. The van der Waals surface area contributed by atoms with Crippen LogP contribution in [0.2, 0.25) is 0 Å². The highest BCUT2D eigenvalue weighted by molar-refractivity contribution is 7.99. The zero-order chi connectivity index (χ0) is 31.6. The van der Waals surface area contributed by atoms with Crippen molar-refractivity contribution in [1.29, 1.82) is 0 Å². The van der Waals surface area contributed by atoms with E-state index in [0.29, 0.717) is 0 Å². The Morgan fingerprint density at radius 2 is 1.47 bits per heavy atom. The number of ether oxygens (including phenoxy) is 8. The average molecular weight is 631 g/mol. The van der Waals surface area contributed by atoms with Gasteiger partial charge >= 0.3 is 29.6 Å². The first-order chi connectivity index (χ1) is 20.1. The van der Waals surface area contributed by atoms with Crippen molar-refractivity contribution < 1.29 is 57.1 Å². The van der Waals surface area contributed by atoms with Crippen molar-refractivity contribution in [2.45, 2.75) is 102 Å². The number of hydrogen-bond donors (Lipinski definition) is 1. The molecule has 9 atom stereocenters. The van der Waals surface area contributed by atoms with Crippen LogP contribution in [0.1, 0.15) is 47.8 Å². The van der Waals surface area contributed by atoms with E-state index in [-0.39, 0.29) is 12.4 Å². The number of aromatic amines is 1. The lowest BCUT2D eigenvalue weighted by Gasteiger charge is -2.44. The van der Waals surface area contributed by atoms with Crippen molar-refractivity contribution in [3.8, 4) is 0 Å². The zero-order valence-corrected chi connectivity index (χ0v) is 25.2. The van der Waals surface area contributed by atoms with Gasteiger partial charge in [-0.3, -0.25) is 33.5 Å². The summed E-state index contributed by atoms with van der Waals surface area (Å²) in [6.07, 6.45) is -6.68. The number of esters is 4. The fraction of sp³-hybridized carbons (Fsp3) is 0.692. The third kappa shape index (κ3) is 7.83. The molecule has 1 N–H and O–H groups in total. The summed E-state index contributed by atoms with van der Waals surface area (Å²) >= 11 is 1.11. The summed E-state index contributed by atoms with van der Waals surface area (Å²) in [7, 11) is 0. The lowest BCUT2D eigenvalue weighted by molar-refractivity contribution is -0.237. The molecule has 0 aromatic carbocycles. The van der Waals surface area contributed by atoms with Gasteiger partial charge < -0.3 is 37.9 Å². The van der Waals surface area contributed by atoms with Gasteiger partial charge in [0.1, 0.15) is 30.4 Å². The van der Waals surface area contributed by atoms with Crippen molar-refractivity contribution in [2.24, 2.45) is 0 Å². The molecule has 4 rings (SSSR count). The van der Waals surface area contributed by atoms with Gasteiger partial charge in [0.2, 0.25) is 0 Å². The molecule has 0 spiro atoms. The predicted octanol–water partition coefficient (Wildman–Crippen LogP) is -0.230. The van der Waals surface area contributed by atoms with Gasteiger partial charge in [-0.05, 0) is 13.8 Å². The highest BCUT2D eigenvalue weighted by Gasteiger charge is 2.57. The van der Waals surface area contributed by atoms with Gasteiger partial charge in [-0.15, -0.1) is 11.8 Å². The van der Waals surface area contributed by atoms with Gasteiger partial charge in [0, 0.05) is 45.7 Å². The molecule has 0 amide bonds. The first kappa shape index (κ1) is 32.7. The minimum Gasteiger partial charge on any atom is -0.463 e. The minimum atomic E-state index is -1.31. The SMILES string of the molecule is CC(=O)OC[C@H]1O[C@H](SC[C@H]2O[C@@H](n3ccc(=O)[nH]c3=O)[C@@H]3OC(C)(C)O[C@@H]32)[C@@H](OC(C)=O)[C@@H](OC(C)=O)[C@@H]1OC(C)=O. The Bertz CT molecular complexity index is 1340. The van der Waals surface area contributed by atoms with Gasteiger partial charge in [0.15, 0.2) is 30.3 Å². The molecule has 3 aliphatic heterocycles. The predicted molar refractivity (Wildman–Crippen MR) is 143 cm³/mol. The molecule has 238 valence electrons. The Balaban J connectivity index is 1.62. The molecule has 43 heavy (non-hydrogen) atoms. The van der Waals surface area contributed by atoms with Crippen molar-refractivity contribution in [3.63, 3.8) is 0 Å². The van der Waals surface area contributed by atoms with E-state index in [1.807, 2.05) is 0 Å². The third-order valence-electron chi connectivity index (χ3n) is 6.62. The van der Waals surface area contributed by atoms with Crippen LogP contribution in [0.4, 0.5) is 0 Å². The summed E-state index contributed by atoms with van der Waals surface area (Å²) in [5, 5.41) is 0. The maximum atomic E-state index is 12.6. The standard InChI is InChI=1S/C26H34N2O14S/c1-11(29)35-9-15-18(36-12(2)30)20(37-13(3)31)22(38-14(4)32)24(40-15)43-10-16-19-21(42-26(5,6)41-19)23(39-16)28-8-7-17(33)27-25(28)34/h7-8,15-16,18-24H,9-10H2,1-6H3,(H,27,33,34)/t15-,16-,18-,19-,20+,21-,22+,23-,24-/m1/s1. The highest BCUT2D eigenvalue weighted by Crippen LogP contribution is 2.44. The average Bonchev–Trinajstić information content (AvgIpc) is 3.36. The maximum absolute atomic E-state index is 12.6. The van der Waals surface area contributed by atoms with Crippen molar-refractivity contribution in [3.05, 3.63) is 33.1 Å². The van der Waals surface area contributed by atoms with Gasteiger partial charge in [-0.1, -0.05) is 0 Å². The molecule has 0 unspecified atom stereocenters. The van der Waals surface area contributed by atoms with Crippen LogP contribution in [0.3, 0.4) is 0 Å². The first-order valence-corrected chi connectivity index (χ1v) is 14.4. The van der Waals surface area contributed by atoms with Crippen LogP contribution in [-0.4, -0.2) is 99.7 Å². The lowest BCUT2D eigenvalue weighted by Crippen LogP contribution is -2.61. The summed E-state index contributed by atoms with van der Waals surface area (Å²) in [6, 6.07) is 1.18. The Kier molecular flexibility index (Phi) is 10.0. The second kappa shape index (κ2) is 13.2. The van der Waals surface area contributed by atoms with Crippen molar-refractivity contribution >= 4 is 35.6 Å². The topological polar surface area (TPSA) is 197 Å². The van der Waals surface area contributed by atoms with Crippen LogP contribution in [0.5, 0.6) is 0 Å². The second-order valence-corrected chi connectivity index (χ2v) is 11.7. The summed E-state index contributed by atoms with van der Waals surface area (Å²) in [4.78, 5) is 74.1. The molecule has 0 bridgehead atoms. The van der Waals surface area contributed by atoms with E-state index >= 15 is 0 Å². The van der Waals surface area contributed by atoms with Gasteiger partial charge in [-0.25, -0.2) is 4.79 Å². The van der Waals surface area contributed by atoms with E-state index in [1.54, 1.807) is 13.8 Å². The van der Waals surface area contributed by atoms with Crippen LogP contribution < -0.4 is 11.2 Å². The maximum Gasteiger partial charge on any atom is 0.330 e. The molecule has 4 heterocycles. The van der Waals surface area contributed by atoms with Crippen molar-refractivity contribution in [2.75, 3.05) is 12.4 Å². The molecule has 1 aromatic rings. The molecule has 16 nitrogen and oxygen atoms in total. The zero-order valence-electron chi connectivity index (χ0n) is 24.3.